The number of fused-ring (bicyclic) bond motifs is 1. The first-order valence-corrected chi connectivity index (χ1v) is 12.6. The summed E-state index contributed by atoms with van der Waals surface area (Å²) in [6.07, 6.45) is 7.77. The number of ketones is 1. The van der Waals surface area contributed by atoms with E-state index in [-0.39, 0.29) is 41.6 Å². The number of Topliss-reactive ketones (excluding diaryl/α,β-unsaturated/α-hetero) is 1. The number of ether oxygens (including phenoxy) is 1. The van der Waals surface area contributed by atoms with Gasteiger partial charge < -0.3 is 15.0 Å². The van der Waals surface area contributed by atoms with Gasteiger partial charge in [0.25, 0.3) is 5.91 Å². The third-order valence-electron chi connectivity index (χ3n) is 7.01. The maximum absolute atomic E-state index is 14.0. The third-order valence-corrected chi connectivity index (χ3v) is 8.29. The summed E-state index contributed by atoms with van der Waals surface area (Å²) in [5, 5.41) is 3.62. The van der Waals surface area contributed by atoms with E-state index >= 15 is 0 Å². The first-order chi connectivity index (χ1) is 16.4. The zero-order chi connectivity index (χ0) is 23.8. The van der Waals surface area contributed by atoms with Gasteiger partial charge >= 0.3 is 0 Å². The van der Waals surface area contributed by atoms with Crippen LogP contribution in [0.3, 0.4) is 0 Å². The average Bonchev–Trinajstić information content (AvgIpc) is 3.55. The second-order valence-electron chi connectivity index (χ2n) is 9.00. The summed E-state index contributed by atoms with van der Waals surface area (Å²) in [4.78, 5) is 49.5. The molecule has 34 heavy (non-hydrogen) atoms. The lowest BCUT2D eigenvalue weighted by atomic mass is 9.72. The van der Waals surface area contributed by atoms with Crippen LogP contribution in [0.1, 0.15) is 46.8 Å². The van der Waals surface area contributed by atoms with Crippen LogP contribution in [-0.4, -0.2) is 69.2 Å². The van der Waals surface area contributed by atoms with Crippen molar-refractivity contribution in [2.24, 2.45) is 5.92 Å². The third kappa shape index (κ3) is 4.34. The summed E-state index contributed by atoms with van der Waals surface area (Å²) in [6.45, 7) is 0.0779. The number of halogens is 2. The number of likely N-dealkylation sites (tertiary alicyclic amines) is 1. The number of amides is 2. The molecule has 6 atom stereocenters. The van der Waals surface area contributed by atoms with E-state index in [1.54, 1.807) is 12.4 Å². The summed E-state index contributed by atoms with van der Waals surface area (Å²) < 4.78 is 19.1. The molecule has 2 saturated heterocycles. The van der Waals surface area contributed by atoms with Gasteiger partial charge in [0.15, 0.2) is 5.78 Å². The number of thiophene rings is 1. The number of carbonyl (C=O) groups excluding carboxylic acids is 3. The molecule has 2 amide bonds. The molecule has 1 saturated carbocycles. The van der Waals surface area contributed by atoms with Crippen molar-refractivity contribution in [3.63, 3.8) is 0 Å². The molecule has 180 valence electrons. The predicted octanol–water partition coefficient (Wildman–Crippen LogP) is 2.54. The van der Waals surface area contributed by atoms with E-state index in [0.717, 1.165) is 42.2 Å². The highest BCUT2D eigenvalue weighted by Gasteiger charge is 2.53. The molecule has 3 fully saturated rings. The maximum Gasteiger partial charge on any atom is 0.262 e. The van der Waals surface area contributed by atoms with Crippen molar-refractivity contribution in [2.45, 2.75) is 55.2 Å². The molecule has 0 bridgehead atoms. The number of aromatic nitrogens is 2. The predicted molar refractivity (Wildman–Crippen MR) is 122 cm³/mol. The molecule has 3 aliphatic rings. The van der Waals surface area contributed by atoms with E-state index in [0.29, 0.717) is 6.42 Å². The molecule has 2 unspecified atom stereocenters. The fourth-order valence-corrected chi connectivity index (χ4v) is 6.49. The van der Waals surface area contributed by atoms with E-state index in [9.17, 15) is 18.8 Å². The zero-order valence-corrected chi connectivity index (χ0v) is 19.8. The highest BCUT2D eigenvalue weighted by atomic mass is 35.5. The summed E-state index contributed by atoms with van der Waals surface area (Å²) in [5.41, 5.74) is 0.899. The molecular formula is C23H24ClFN4O4S. The van der Waals surface area contributed by atoms with Crippen molar-refractivity contribution < 1.29 is 23.5 Å². The number of rotatable bonds is 5. The van der Waals surface area contributed by atoms with Gasteiger partial charge in [-0.1, -0.05) is 12.8 Å². The molecule has 0 aromatic carbocycles. The Labute approximate surface area is 204 Å². The van der Waals surface area contributed by atoms with E-state index in [2.05, 4.69) is 15.3 Å². The fraction of sp³-hybridized carbons (Fsp3) is 0.522. The largest absolute Gasteiger partial charge is 0.366 e. The van der Waals surface area contributed by atoms with Crippen LogP contribution < -0.4 is 5.32 Å². The van der Waals surface area contributed by atoms with Gasteiger partial charge in [-0.05, 0) is 36.3 Å². The lowest BCUT2D eigenvalue weighted by Gasteiger charge is -2.38. The number of nitrogens with zero attached hydrogens (tertiary/aromatic N) is 3. The van der Waals surface area contributed by atoms with Gasteiger partial charge in [-0.15, -0.1) is 22.9 Å². The molecule has 2 aromatic rings. The van der Waals surface area contributed by atoms with Crippen LogP contribution in [0.15, 0.2) is 30.2 Å². The first kappa shape index (κ1) is 23.3. The maximum atomic E-state index is 14.0. The van der Waals surface area contributed by atoms with Crippen LogP contribution in [0.4, 0.5) is 4.39 Å². The first-order valence-electron chi connectivity index (χ1n) is 11.3. The minimum atomic E-state index is -0.917. The summed E-state index contributed by atoms with van der Waals surface area (Å²) in [7, 11) is 0. The van der Waals surface area contributed by atoms with Crippen LogP contribution in [0.25, 0.3) is 0 Å². The Balaban J connectivity index is 1.48. The number of hydrogen-bond acceptors (Lipinski definition) is 7. The molecule has 1 aliphatic carbocycles. The number of hydrogen-bond donors (Lipinski definition) is 1. The average molecular weight is 507 g/mol. The Morgan fingerprint density at radius 3 is 2.76 bits per heavy atom. The Morgan fingerprint density at radius 2 is 2.03 bits per heavy atom. The van der Waals surface area contributed by atoms with Crippen molar-refractivity contribution in [2.75, 3.05) is 13.2 Å². The van der Waals surface area contributed by atoms with Crippen molar-refractivity contribution in [1.82, 2.24) is 20.2 Å². The number of carbonyl (C=O) groups is 3. The number of nitrogens with one attached hydrogen (secondary N) is 1. The Kier molecular flexibility index (Phi) is 6.63. The van der Waals surface area contributed by atoms with Crippen molar-refractivity contribution in [1.29, 1.82) is 0 Å². The standard InChI is InChI=1S/C23H24ClFN4O4S/c24-16-8-29(20-17(30)9-33-21(16)20)23(32)19(28-22(31)18-5-13(25)10-34-18)15-4-2-1-3-14(15)12-6-26-11-27-7-12/h5-7,10-11,14-16,19-21H,1-4,8-9H2,(H,28,31)/t14?,15?,16-,19-,20+,21+/m0/s1. The van der Waals surface area contributed by atoms with Gasteiger partial charge in [0, 0.05) is 24.3 Å². The highest BCUT2D eigenvalue weighted by molar-refractivity contribution is 7.12. The number of alkyl halides is 1. The van der Waals surface area contributed by atoms with Crippen molar-refractivity contribution in [3.8, 4) is 0 Å². The van der Waals surface area contributed by atoms with Crippen LogP contribution in [-0.2, 0) is 14.3 Å². The van der Waals surface area contributed by atoms with E-state index < -0.39 is 35.3 Å². The van der Waals surface area contributed by atoms with Crippen LogP contribution in [0.5, 0.6) is 0 Å². The van der Waals surface area contributed by atoms with Crippen LogP contribution >= 0.6 is 22.9 Å². The minimum Gasteiger partial charge on any atom is -0.366 e. The normalized spacial score (nSPS) is 29.6. The molecule has 0 spiro atoms. The zero-order valence-electron chi connectivity index (χ0n) is 18.2. The van der Waals surface area contributed by atoms with Gasteiger partial charge in [-0.25, -0.2) is 14.4 Å². The summed E-state index contributed by atoms with van der Waals surface area (Å²) in [5.74, 6) is -1.87. The molecule has 4 heterocycles. The smallest absolute Gasteiger partial charge is 0.262 e. The molecule has 8 nitrogen and oxygen atoms in total. The second-order valence-corrected chi connectivity index (χ2v) is 10.5. The minimum absolute atomic E-state index is 0.0509. The van der Waals surface area contributed by atoms with Crippen LogP contribution in [0.2, 0.25) is 0 Å². The molecule has 2 aromatic heterocycles. The molecule has 0 radical (unpaired) electrons. The van der Waals surface area contributed by atoms with Crippen LogP contribution in [0, 0.1) is 11.7 Å². The highest BCUT2D eigenvalue weighted by Crippen LogP contribution is 2.41. The Morgan fingerprint density at radius 1 is 1.26 bits per heavy atom. The van der Waals surface area contributed by atoms with Crippen molar-refractivity contribution >= 4 is 40.5 Å². The molecule has 1 N–H and O–H groups in total. The van der Waals surface area contributed by atoms with Gasteiger partial charge in [0.05, 0.1) is 10.3 Å². The Hall–Kier alpha value is -2.43. The molecule has 11 heteroatoms. The summed E-state index contributed by atoms with van der Waals surface area (Å²) in [6, 6.07) is -0.519. The Bertz CT molecular complexity index is 1090. The van der Waals surface area contributed by atoms with Crippen molar-refractivity contribution in [3.05, 3.63) is 46.4 Å². The second kappa shape index (κ2) is 9.67. The van der Waals surface area contributed by atoms with Gasteiger partial charge in [0.1, 0.15) is 36.9 Å². The van der Waals surface area contributed by atoms with Gasteiger partial charge in [0.2, 0.25) is 5.91 Å². The SMILES string of the molecule is O=C(N[C@H](C(=O)N1C[C@H](Cl)[C@H]2OCC(=O)[C@H]21)C1CCCCC1c1cncnc1)c1cc(F)cs1. The molecule has 5 rings (SSSR count). The quantitative estimate of drug-likeness (QED) is 0.625. The monoisotopic (exact) mass is 506 g/mol. The van der Waals surface area contributed by atoms with Gasteiger partial charge in [-0.2, -0.15) is 0 Å². The van der Waals surface area contributed by atoms with E-state index in [4.69, 9.17) is 16.3 Å². The van der Waals surface area contributed by atoms with Gasteiger partial charge in [-0.3, -0.25) is 14.4 Å². The lowest BCUT2D eigenvalue weighted by molar-refractivity contribution is -0.139. The molecular weight excluding hydrogens is 483 g/mol. The van der Waals surface area contributed by atoms with E-state index in [1.165, 1.54) is 16.6 Å². The fourth-order valence-electron chi connectivity index (χ4n) is 5.47. The van der Waals surface area contributed by atoms with E-state index in [1.807, 2.05) is 0 Å². The molecule has 2 aliphatic heterocycles. The topological polar surface area (TPSA) is 101 Å². The summed E-state index contributed by atoms with van der Waals surface area (Å²) >= 11 is 7.40. The lowest BCUT2D eigenvalue weighted by Crippen LogP contribution is -2.56.